The molecule has 29 heavy (non-hydrogen) atoms. The summed E-state index contributed by atoms with van der Waals surface area (Å²) in [7, 11) is 1.84. The Morgan fingerprint density at radius 1 is 1.21 bits per heavy atom. The van der Waals surface area contributed by atoms with E-state index in [1.807, 2.05) is 37.5 Å². The molecule has 1 amide bonds. The van der Waals surface area contributed by atoms with E-state index in [4.69, 9.17) is 21.1 Å². The van der Waals surface area contributed by atoms with E-state index in [-0.39, 0.29) is 11.9 Å². The predicted molar refractivity (Wildman–Crippen MR) is 107 cm³/mol. The zero-order valence-corrected chi connectivity index (χ0v) is 16.7. The monoisotopic (exact) mass is 411 g/mol. The number of aromatic nitrogens is 3. The number of rotatable bonds is 2. The van der Waals surface area contributed by atoms with Crippen LogP contribution in [0.1, 0.15) is 30.6 Å². The van der Waals surface area contributed by atoms with E-state index in [1.165, 1.54) is 11.9 Å². The van der Waals surface area contributed by atoms with Gasteiger partial charge in [0.25, 0.3) is 0 Å². The van der Waals surface area contributed by atoms with Gasteiger partial charge in [0.1, 0.15) is 24.1 Å². The average Bonchev–Trinajstić information content (AvgIpc) is 3.32. The van der Waals surface area contributed by atoms with Gasteiger partial charge in [0.05, 0.1) is 17.3 Å². The highest BCUT2D eigenvalue weighted by molar-refractivity contribution is 6.30. The fourth-order valence-corrected chi connectivity index (χ4v) is 3.98. The lowest BCUT2D eigenvalue weighted by atomic mass is 10.0. The summed E-state index contributed by atoms with van der Waals surface area (Å²) in [5, 5.41) is 11.6. The number of hydrogen-bond donors (Lipinski definition) is 0. The maximum atomic E-state index is 12.3. The molecular formula is C20H18ClN5O3. The van der Waals surface area contributed by atoms with E-state index < -0.39 is 0 Å². The molecule has 8 nitrogen and oxygen atoms in total. The number of pyridine rings is 1. The van der Waals surface area contributed by atoms with Crippen molar-refractivity contribution in [3.63, 3.8) is 0 Å². The Bertz CT molecular complexity index is 1170. The highest BCUT2D eigenvalue weighted by atomic mass is 35.5. The normalized spacial score (nSPS) is 18.2. The summed E-state index contributed by atoms with van der Waals surface area (Å²) in [6.07, 6.45) is 2.35. The molecule has 5 rings (SSSR count). The molecule has 2 aromatic heterocycles. The maximum Gasteiger partial charge on any atom is 0.240 e. The zero-order chi connectivity index (χ0) is 20.1. The van der Waals surface area contributed by atoms with Gasteiger partial charge in [-0.3, -0.25) is 9.48 Å². The third-order valence-electron chi connectivity index (χ3n) is 5.06. The van der Waals surface area contributed by atoms with Crippen LogP contribution in [0.4, 0.5) is 0 Å². The van der Waals surface area contributed by atoms with Gasteiger partial charge in [-0.05, 0) is 18.2 Å². The van der Waals surface area contributed by atoms with Gasteiger partial charge >= 0.3 is 0 Å². The highest BCUT2D eigenvalue weighted by Crippen LogP contribution is 2.39. The molecule has 2 aliphatic heterocycles. The number of halogens is 1. The first-order chi connectivity index (χ1) is 14.0. The van der Waals surface area contributed by atoms with Crippen LogP contribution in [0.2, 0.25) is 5.15 Å². The van der Waals surface area contributed by atoms with Crippen molar-refractivity contribution in [2.45, 2.75) is 19.4 Å². The number of nitrogens with zero attached hydrogens (tertiary/aromatic N) is 5. The number of amides is 1. The van der Waals surface area contributed by atoms with Crippen LogP contribution < -0.4 is 9.47 Å². The molecule has 0 radical (unpaired) electrons. The van der Waals surface area contributed by atoms with Crippen molar-refractivity contribution < 1.29 is 14.3 Å². The number of ether oxygens (including phenoxy) is 2. The molecule has 4 heterocycles. The van der Waals surface area contributed by atoms with Crippen LogP contribution in [0, 0.1) is 0 Å². The third kappa shape index (κ3) is 3.09. The van der Waals surface area contributed by atoms with Crippen LogP contribution in [-0.2, 0) is 11.8 Å². The molecule has 0 aliphatic carbocycles. The minimum atomic E-state index is -0.345. The van der Waals surface area contributed by atoms with Crippen LogP contribution in [0.25, 0.3) is 10.9 Å². The number of hydrogen-bond acceptors (Lipinski definition) is 6. The van der Waals surface area contributed by atoms with Crippen molar-refractivity contribution in [2.24, 2.45) is 12.1 Å². The largest absolute Gasteiger partial charge is 0.486 e. The van der Waals surface area contributed by atoms with Gasteiger partial charge in [0.2, 0.25) is 5.91 Å². The second-order valence-electron chi connectivity index (χ2n) is 7.06. The minimum Gasteiger partial charge on any atom is -0.486 e. The molecule has 0 saturated carbocycles. The first-order valence-corrected chi connectivity index (χ1v) is 9.64. The number of fused-ring (bicyclic) bond motifs is 2. The molecular weight excluding hydrogens is 394 g/mol. The SMILES string of the molecule is CC(=O)N1N=C(c2ccn(C)n2)CC1c1cc2cc3c(cc2nc1Cl)OCCO3. The van der Waals surface area contributed by atoms with Crippen LogP contribution >= 0.6 is 11.6 Å². The van der Waals surface area contributed by atoms with Crippen LogP contribution in [0.3, 0.4) is 0 Å². The number of carbonyl (C=O) groups is 1. The number of aryl methyl sites for hydroxylation is 1. The Hall–Kier alpha value is -3.13. The first-order valence-electron chi connectivity index (χ1n) is 9.26. The summed E-state index contributed by atoms with van der Waals surface area (Å²) < 4.78 is 13.0. The van der Waals surface area contributed by atoms with Gasteiger partial charge in [0.15, 0.2) is 11.5 Å². The Kier molecular flexibility index (Phi) is 4.16. The second kappa shape index (κ2) is 6.73. The van der Waals surface area contributed by atoms with Crippen LogP contribution in [0.15, 0.2) is 35.6 Å². The molecule has 1 atom stereocenters. The van der Waals surface area contributed by atoms with Crippen molar-refractivity contribution in [3.8, 4) is 11.5 Å². The van der Waals surface area contributed by atoms with Crippen LogP contribution in [-0.4, -0.2) is 44.6 Å². The lowest BCUT2D eigenvalue weighted by Gasteiger charge is -2.22. The smallest absolute Gasteiger partial charge is 0.240 e. The van der Waals surface area contributed by atoms with E-state index in [9.17, 15) is 4.79 Å². The predicted octanol–water partition coefficient (Wildman–Crippen LogP) is 3.09. The molecule has 0 bridgehead atoms. The van der Waals surface area contributed by atoms with Gasteiger partial charge in [-0.15, -0.1) is 0 Å². The zero-order valence-electron chi connectivity index (χ0n) is 15.9. The molecule has 1 aromatic carbocycles. The fraction of sp³-hybridized carbons (Fsp3) is 0.300. The first kappa shape index (κ1) is 17.9. The molecule has 1 unspecified atom stereocenters. The van der Waals surface area contributed by atoms with E-state index in [2.05, 4.69) is 15.2 Å². The van der Waals surface area contributed by atoms with Crippen molar-refractivity contribution in [3.05, 3.63) is 46.9 Å². The molecule has 0 saturated heterocycles. The molecule has 2 aliphatic rings. The van der Waals surface area contributed by atoms with Gasteiger partial charge in [-0.1, -0.05) is 11.6 Å². The molecule has 0 spiro atoms. The highest BCUT2D eigenvalue weighted by Gasteiger charge is 2.34. The summed E-state index contributed by atoms with van der Waals surface area (Å²) in [5.74, 6) is 1.17. The van der Waals surface area contributed by atoms with Gasteiger partial charge in [-0.2, -0.15) is 10.2 Å². The van der Waals surface area contributed by atoms with Gasteiger partial charge in [0, 0.05) is 43.6 Å². The summed E-state index contributed by atoms with van der Waals surface area (Å²) >= 11 is 6.54. The molecule has 9 heteroatoms. The number of hydrazone groups is 1. The standard InChI is InChI=1S/C20H18ClN5O3/c1-11(27)26-17(9-16(24-26)14-3-4-25(2)23-14)13-7-12-8-18-19(29-6-5-28-18)10-15(12)22-20(13)21/h3-4,7-8,10,17H,5-6,9H2,1-2H3. The summed E-state index contributed by atoms with van der Waals surface area (Å²) in [4.78, 5) is 16.8. The molecule has 3 aromatic rings. The summed E-state index contributed by atoms with van der Waals surface area (Å²) in [6.45, 7) is 2.50. The minimum absolute atomic E-state index is 0.167. The molecule has 148 valence electrons. The molecule has 0 fully saturated rings. The molecule has 0 N–H and O–H groups in total. The Morgan fingerprint density at radius 3 is 2.66 bits per heavy atom. The number of carbonyl (C=O) groups excluding carboxylic acids is 1. The summed E-state index contributed by atoms with van der Waals surface area (Å²) in [5.41, 5.74) is 2.93. The van der Waals surface area contributed by atoms with Gasteiger partial charge in [-0.25, -0.2) is 9.99 Å². The van der Waals surface area contributed by atoms with E-state index in [0.717, 1.165) is 22.4 Å². The Morgan fingerprint density at radius 2 is 1.97 bits per heavy atom. The average molecular weight is 412 g/mol. The maximum absolute atomic E-state index is 12.3. The lowest BCUT2D eigenvalue weighted by molar-refractivity contribution is -0.130. The second-order valence-corrected chi connectivity index (χ2v) is 7.42. The number of benzene rings is 1. The Balaban J connectivity index is 1.56. The fourth-order valence-electron chi connectivity index (χ4n) is 3.70. The van der Waals surface area contributed by atoms with Crippen molar-refractivity contribution >= 4 is 34.1 Å². The summed E-state index contributed by atoms with van der Waals surface area (Å²) in [6, 6.07) is 7.20. The van der Waals surface area contributed by atoms with Gasteiger partial charge < -0.3 is 9.47 Å². The lowest BCUT2D eigenvalue weighted by Crippen LogP contribution is -2.24. The van der Waals surface area contributed by atoms with E-state index in [1.54, 1.807) is 4.68 Å². The van der Waals surface area contributed by atoms with Crippen LogP contribution in [0.5, 0.6) is 11.5 Å². The van der Waals surface area contributed by atoms with E-state index in [0.29, 0.717) is 41.8 Å². The van der Waals surface area contributed by atoms with E-state index >= 15 is 0 Å². The topological polar surface area (TPSA) is 81.8 Å². The van der Waals surface area contributed by atoms with Crippen molar-refractivity contribution in [2.75, 3.05) is 13.2 Å². The Labute approximate surface area is 171 Å². The van der Waals surface area contributed by atoms with Crippen molar-refractivity contribution in [1.29, 1.82) is 0 Å². The van der Waals surface area contributed by atoms with Crippen molar-refractivity contribution in [1.82, 2.24) is 19.8 Å². The quantitative estimate of drug-likeness (QED) is 0.605. The third-order valence-corrected chi connectivity index (χ3v) is 5.36.